The number of aryl methyl sites for hydroxylation is 1. The van der Waals surface area contributed by atoms with Crippen LogP contribution in [0.15, 0.2) is 34.7 Å². The highest BCUT2D eigenvalue weighted by Gasteiger charge is 2.29. The number of hydrogen-bond acceptors (Lipinski definition) is 4. The molecule has 0 unspecified atom stereocenters. The fourth-order valence-electron chi connectivity index (χ4n) is 2.94. The fraction of sp³-hybridized carbons (Fsp3) is 0.412. The van der Waals surface area contributed by atoms with Gasteiger partial charge in [-0.15, -0.1) is 0 Å². The van der Waals surface area contributed by atoms with Crippen molar-refractivity contribution in [1.29, 1.82) is 0 Å². The molecule has 1 aliphatic rings. The van der Waals surface area contributed by atoms with E-state index in [1.807, 2.05) is 42.2 Å². The third-order valence-electron chi connectivity index (χ3n) is 3.86. The van der Waals surface area contributed by atoms with Gasteiger partial charge in [0, 0.05) is 30.7 Å². The van der Waals surface area contributed by atoms with Crippen LogP contribution in [0.1, 0.15) is 30.1 Å². The minimum atomic E-state index is -0.0765. The molecule has 0 spiro atoms. The van der Waals surface area contributed by atoms with Gasteiger partial charge in [-0.1, -0.05) is 18.2 Å². The zero-order valence-electron chi connectivity index (χ0n) is 13.2. The maximum atomic E-state index is 12.7. The number of aromatic nitrogens is 1. The molecule has 5 heteroatoms. The normalized spacial score (nSPS) is 21.9. The fourth-order valence-corrected chi connectivity index (χ4v) is 2.94. The standard InChI is InChI=1S/C17H21N3O2/c1-11-9-20(10-12(2)18-11)17(21)15-13(3)19-16(22-15)14-7-5-4-6-8-14/h4-8,11-12,18H,9-10H2,1-3H3/t11-,12+. The molecule has 116 valence electrons. The zero-order chi connectivity index (χ0) is 15.7. The quantitative estimate of drug-likeness (QED) is 0.925. The summed E-state index contributed by atoms with van der Waals surface area (Å²) in [6.45, 7) is 7.35. The smallest absolute Gasteiger partial charge is 0.291 e. The second kappa shape index (κ2) is 5.93. The number of oxazole rings is 1. The Balaban J connectivity index is 1.86. The lowest BCUT2D eigenvalue weighted by Crippen LogP contribution is -2.55. The summed E-state index contributed by atoms with van der Waals surface area (Å²) in [6, 6.07) is 10.2. The number of rotatable bonds is 2. The topological polar surface area (TPSA) is 58.4 Å². The summed E-state index contributed by atoms with van der Waals surface area (Å²) < 4.78 is 5.76. The van der Waals surface area contributed by atoms with Gasteiger partial charge in [-0.3, -0.25) is 4.79 Å². The highest BCUT2D eigenvalue weighted by Crippen LogP contribution is 2.23. The van der Waals surface area contributed by atoms with Crippen molar-refractivity contribution < 1.29 is 9.21 Å². The van der Waals surface area contributed by atoms with Crippen LogP contribution < -0.4 is 5.32 Å². The Kier molecular flexibility index (Phi) is 3.98. The largest absolute Gasteiger partial charge is 0.431 e. The number of benzene rings is 1. The van der Waals surface area contributed by atoms with E-state index in [2.05, 4.69) is 24.1 Å². The zero-order valence-corrected chi connectivity index (χ0v) is 13.2. The van der Waals surface area contributed by atoms with E-state index in [-0.39, 0.29) is 18.0 Å². The number of nitrogens with zero attached hydrogens (tertiary/aromatic N) is 2. The number of carbonyl (C=O) groups excluding carboxylic acids is 1. The van der Waals surface area contributed by atoms with Gasteiger partial charge < -0.3 is 14.6 Å². The van der Waals surface area contributed by atoms with E-state index < -0.39 is 0 Å². The van der Waals surface area contributed by atoms with Crippen LogP contribution >= 0.6 is 0 Å². The average molecular weight is 299 g/mol. The van der Waals surface area contributed by atoms with E-state index in [9.17, 15) is 4.79 Å². The van der Waals surface area contributed by atoms with Crippen molar-refractivity contribution in [1.82, 2.24) is 15.2 Å². The molecule has 1 aromatic carbocycles. The van der Waals surface area contributed by atoms with Crippen molar-refractivity contribution in [3.8, 4) is 11.5 Å². The summed E-state index contributed by atoms with van der Waals surface area (Å²) >= 11 is 0. The molecule has 1 aliphatic heterocycles. The molecule has 1 aromatic heterocycles. The maximum absolute atomic E-state index is 12.7. The molecule has 1 saturated heterocycles. The molecule has 1 fully saturated rings. The van der Waals surface area contributed by atoms with Crippen LogP contribution in [0, 0.1) is 6.92 Å². The first kappa shape index (κ1) is 14.8. The predicted molar refractivity (Wildman–Crippen MR) is 84.6 cm³/mol. The van der Waals surface area contributed by atoms with Crippen molar-refractivity contribution in [2.45, 2.75) is 32.9 Å². The Morgan fingerprint density at radius 1 is 1.23 bits per heavy atom. The van der Waals surface area contributed by atoms with Crippen molar-refractivity contribution in [3.63, 3.8) is 0 Å². The second-order valence-corrected chi connectivity index (χ2v) is 5.98. The van der Waals surface area contributed by atoms with E-state index in [0.717, 1.165) is 5.56 Å². The number of nitrogens with one attached hydrogen (secondary N) is 1. The first-order chi connectivity index (χ1) is 10.5. The van der Waals surface area contributed by atoms with Gasteiger partial charge in [0.15, 0.2) is 0 Å². The molecule has 5 nitrogen and oxygen atoms in total. The van der Waals surface area contributed by atoms with Crippen LogP contribution in [0.25, 0.3) is 11.5 Å². The maximum Gasteiger partial charge on any atom is 0.291 e. The molecule has 2 aromatic rings. The van der Waals surface area contributed by atoms with E-state index in [1.165, 1.54) is 0 Å². The molecule has 3 rings (SSSR count). The third-order valence-corrected chi connectivity index (χ3v) is 3.86. The van der Waals surface area contributed by atoms with E-state index in [0.29, 0.717) is 30.4 Å². The monoisotopic (exact) mass is 299 g/mol. The van der Waals surface area contributed by atoms with Gasteiger partial charge in [0.1, 0.15) is 0 Å². The minimum Gasteiger partial charge on any atom is -0.431 e. The summed E-state index contributed by atoms with van der Waals surface area (Å²) in [5.41, 5.74) is 1.52. The lowest BCUT2D eigenvalue weighted by molar-refractivity contribution is 0.0641. The van der Waals surface area contributed by atoms with Gasteiger partial charge in [0.2, 0.25) is 11.7 Å². The lowest BCUT2D eigenvalue weighted by Gasteiger charge is -2.35. The summed E-state index contributed by atoms with van der Waals surface area (Å²) in [4.78, 5) is 19.0. The molecule has 2 atom stereocenters. The van der Waals surface area contributed by atoms with Gasteiger partial charge in [0.25, 0.3) is 5.91 Å². The Hall–Kier alpha value is -2.14. The van der Waals surface area contributed by atoms with Gasteiger partial charge in [-0.2, -0.15) is 0 Å². The summed E-state index contributed by atoms with van der Waals surface area (Å²) in [5.74, 6) is 0.769. The molecule has 0 saturated carbocycles. The molecule has 1 amide bonds. The first-order valence-corrected chi connectivity index (χ1v) is 7.62. The van der Waals surface area contributed by atoms with Crippen LogP contribution in [0.2, 0.25) is 0 Å². The molecule has 0 aliphatic carbocycles. The Morgan fingerprint density at radius 3 is 2.50 bits per heavy atom. The molecule has 0 radical (unpaired) electrons. The van der Waals surface area contributed by atoms with Crippen molar-refractivity contribution >= 4 is 5.91 Å². The third kappa shape index (κ3) is 2.90. The number of piperazine rings is 1. The van der Waals surface area contributed by atoms with E-state index in [1.54, 1.807) is 0 Å². The minimum absolute atomic E-state index is 0.0765. The molecule has 1 N–H and O–H groups in total. The van der Waals surface area contributed by atoms with Crippen LogP contribution in [0.4, 0.5) is 0 Å². The van der Waals surface area contributed by atoms with Crippen LogP contribution in [0.3, 0.4) is 0 Å². The number of hydrogen-bond donors (Lipinski definition) is 1. The van der Waals surface area contributed by atoms with Gasteiger partial charge in [0.05, 0.1) is 5.69 Å². The van der Waals surface area contributed by atoms with Crippen molar-refractivity contribution in [2.75, 3.05) is 13.1 Å². The lowest BCUT2D eigenvalue weighted by atomic mass is 10.1. The van der Waals surface area contributed by atoms with Crippen molar-refractivity contribution in [3.05, 3.63) is 41.8 Å². The summed E-state index contributed by atoms with van der Waals surface area (Å²) in [5, 5.41) is 3.42. The Morgan fingerprint density at radius 2 is 1.86 bits per heavy atom. The summed E-state index contributed by atoms with van der Waals surface area (Å²) in [6.07, 6.45) is 0. The highest BCUT2D eigenvalue weighted by molar-refractivity contribution is 5.93. The first-order valence-electron chi connectivity index (χ1n) is 7.62. The van der Waals surface area contributed by atoms with Gasteiger partial charge in [-0.25, -0.2) is 4.98 Å². The van der Waals surface area contributed by atoms with Crippen LogP contribution in [0.5, 0.6) is 0 Å². The molecule has 2 heterocycles. The van der Waals surface area contributed by atoms with Gasteiger partial charge >= 0.3 is 0 Å². The Bertz CT molecular complexity index is 656. The van der Waals surface area contributed by atoms with Crippen LogP contribution in [-0.2, 0) is 0 Å². The van der Waals surface area contributed by atoms with E-state index in [4.69, 9.17) is 4.42 Å². The second-order valence-electron chi connectivity index (χ2n) is 5.98. The Labute approximate surface area is 130 Å². The van der Waals surface area contributed by atoms with E-state index >= 15 is 0 Å². The number of amides is 1. The molecular weight excluding hydrogens is 278 g/mol. The SMILES string of the molecule is Cc1nc(-c2ccccc2)oc1C(=O)N1C[C@@H](C)N[C@@H](C)C1. The highest BCUT2D eigenvalue weighted by atomic mass is 16.4. The van der Waals surface area contributed by atoms with Gasteiger partial charge in [-0.05, 0) is 32.9 Å². The number of carbonyl (C=O) groups is 1. The van der Waals surface area contributed by atoms with Crippen molar-refractivity contribution in [2.24, 2.45) is 0 Å². The predicted octanol–water partition coefficient (Wildman–Crippen LogP) is 2.47. The molecule has 22 heavy (non-hydrogen) atoms. The summed E-state index contributed by atoms with van der Waals surface area (Å²) in [7, 11) is 0. The average Bonchev–Trinajstić information content (AvgIpc) is 2.88. The molecule has 0 bridgehead atoms. The molecular formula is C17H21N3O2. The van der Waals surface area contributed by atoms with Crippen LogP contribution in [-0.4, -0.2) is 41.0 Å².